The Bertz CT molecular complexity index is 590. The summed E-state index contributed by atoms with van der Waals surface area (Å²) in [6.45, 7) is 1.97. The van der Waals surface area contributed by atoms with Crippen LogP contribution < -0.4 is 5.32 Å². The number of hydrogen-bond donors (Lipinski definition) is 1. The van der Waals surface area contributed by atoms with Gasteiger partial charge in [0, 0.05) is 11.1 Å². The van der Waals surface area contributed by atoms with Crippen LogP contribution in [0.5, 0.6) is 0 Å². The number of carbonyl (C=O) groups excluding carboxylic acids is 1. The molecular weight excluding hydrogens is 268 g/mol. The lowest BCUT2D eigenvalue weighted by Gasteiger charge is -2.16. The number of carbonyl (C=O) groups is 1. The monoisotopic (exact) mass is 284 g/mol. The van der Waals surface area contributed by atoms with E-state index in [1.54, 1.807) is 18.0 Å². The van der Waals surface area contributed by atoms with Crippen LogP contribution in [-0.2, 0) is 11.2 Å². The number of benzene rings is 1. The topological polar surface area (TPSA) is 42.0 Å². The Labute approximate surface area is 122 Å². The molecule has 0 radical (unpaired) electrons. The average Bonchev–Trinajstić information content (AvgIpc) is 2.92. The van der Waals surface area contributed by atoms with Crippen LogP contribution in [0.15, 0.2) is 53.6 Å². The summed E-state index contributed by atoms with van der Waals surface area (Å²) in [7, 11) is 0. The molecule has 1 aromatic carbocycles. The lowest BCUT2D eigenvalue weighted by molar-refractivity contribution is -0.121. The van der Waals surface area contributed by atoms with E-state index in [1.165, 1.54) is 10.5 Å². The highest BCUT2D eigenvalue weighted by atomic mass is 32.2. The zero-order chi connectivity index (χ0) is 13.9. The standard InChI is InChI=1S/C16H16N2OS/c1-11(13-7-4-5-9-17-13)18-16(19)15-10-12-6-2-3-8-14(12)20-15/h2-9,11,15H,10H2,1H3,(H,18,19)/t11-,15+/m1/s1. The molecule has 1 aliphatic rings. The number of pyridine rings is 1. The molecule has 4 heteroatoms. The van der Waals surface area contributed by atoms with Crippen molar-refractivity contribution in [2.75, 3.05) is 0 Å². The molecule has 0 saturated carbocycles. The second-order valence-electron chi connectivity index (χ2n) is 4.90. The van der Waals surface area contributed by atoms with Crippen LogP contribution in [-0.4, -0.2) is 16.1 Å². The number of nitrogens with zero attached hydrogens (tertiary/aromatic N) is 1. The van der Waals surface area contributed by atoms with Gasteiger partial charge in [-0.25, -0.2) is 0 Å². The molecule has 0 bridgehead atoms. The maximum atomic E-state index is 12.3. The summed E-state index contributed by atoms with van der Waals surface area (Å²) < 4.78 is 0. The number of hydrogen-bond acceptors (Lipinski definition) is 3. The van der Waals surface area contributed by atoms with Crippen molar-refractivity contribution in [3.8, 4) is 0 Å². The number of amides is 1. The zero-order valence-electron chi connectivity index (χ0n) is 11.2. The van der Waals surface area contributed by atoms with Gasteiger partial charge in [0.25, 0.3) is 0 Å². The van der Waals surface area contributed by atoms with Crippen LogP contribution in [0.2, 0.25) is 0 Å². The Balaban J connectivity index is 1.64. The molecule has 0 aliphatic carbocycles. The van der Waals surface area contributed by atoms with Crippen LogP contribution in [0.1, 0.15) is 24.2 Å². The van der Waals surface area contributed by atoms with Gasteiger partial charge in [-0.1, -0.05) is 24.3 Å². The Kier molecular flexibility index (Phi) is 3.74. The van der Waals surface area contributed by atoms with Crippen LogP contribution >= 0.6 is 11.8 Å². The van der Waals surface area contributed by atoms with E-state index >= 15 is 0 Å². The molecule has 3 nitrogen and oxygen atoms in total. The first-order valence-corrected chi connectivity index (χ1v) is 7.58. The minimum absolute atomic E-state index is 0.0291. The molecule has 0 saturated heterocycles. The minimum atomic E-state index is -0.0620. The summed E-state index contributed by atoms with van der Waals surface area (Å²) >= 11 is 1.65. The Hall–Kier alpha value is -1.81. The van der Waals surface area contributed by atoms with Crippen molar-refractivity contribution in [3.05, 3.63) is 59.9 Å². The molecule has 2 heterocycles. The summed E-state index contributed by atoms with van der Waals surface area (Å²) in [6, 6.07) is 13.9. The third-order valence-electron chi connectivity index (χ3n) is 3.43. The predicted molar refractivity (Wildman–Crippen MR) is 80.6 cm³/mol. The predicted octanol–water partition coefficient (Wildman–Crippen LogP) is 2.98. The highest BCUT2D eigenvalue weighted by molar-refractivity contribution is 8.01. The smallest absolute Gasteiger partial charge is 0.234 e. The molecule has 1 amide bonds. The molecule has 1 aromatic heterocycles. The SMILES string of the molecule is C[C@@H](NC(=O)[C@@H]1Cc2ccccc2S1)c1ccccn1. The molecule has 0 unspecified atom stereocenters. The van der Waals surface area contributed by atoms with E-state index in [9.17, 15) is 4.79 Å². The Morgan fingerprint density at radius 2 is 2.10 bits per heavy atom. The lowest BCUT2D eigenvalue weighted by atomic mass is 10.1. The van der Waals surface area contributed by atoms with Crippen LogP contribution in [0.3, 0.4) is 0 Å². The largest absolute Gasteiger partial charge is 0.347 e. The van der Waals surface area contributed by atoms with Crippen molar-refractivity contribution >= 4 is 17.7 Å². The molecule has 0 spiro atoms. The molecule has 2 aromatic rings. The van der Waals surface area contributed by atoms with Gasteiger partial charge in [-0.2, -0.15) is 0 Å². The van der Waals surface area contributed by atoms with E-state index in [0.29, 0.717) is 0 Å². The van der Waals surface area contributed by atoms with E-state index < -0.39 is 0 Å². The number of fused-ring (bicyclic) bond motifs is 1. The second kappa shape index (κ2) is 5.67. The summed E-state index contributed by atoms with van der Waals surface area (Å²) in [5.41, 5.74) is 2.16. The third kappa shape index (κ3) is 2.70. The first-order valence-electron chi connectivity index (χ1n) is 6.70. The Morgan fingerprint density at radius 1 is 1.30 bits per heavy atom. The summed E-state index contributed by atoms with van der Waals surface area (Å²) in [4.78, 5) is 17.8. The van der Waals surface area contributed by atoms with Gasteiger partial charge in [0.1, 0.15) is 0 Å². The van der Waals surface area contributed by atoms with Crippen LogP contribution in [0, 0.1) is 0 Å². The van der Waals surface area contributed by atoms with Crippen molar-refractivity contribution < 1.29 is 4.79 Å². The fraction of sp³-hybridized carbons (Fsp3) is 0.250. The fourth-order valence-electron chi connectivity index (χ4n) is 2.34. The van der Waals surface area contributed by atoms with Gasteiger partial charge >= 0.3 is 0 Å². The molecule has 20 heavy (non-hydrogen) atoms. The minimum Gasteiger partial charge on any atom is -0.347 e. The lowest BCUT2D eigenvalue weighted by Crippen LogP contribution is -2.34. The van der Waals surface area contributed by atoms with E-state index in [2.05, 4.69) is 22.4 Å². The number of thioether (sulfide) groups is 1. The molecule has 102 valence electrons. The second-order valence-corrected chi connectivity index (χ2v) is 6.15. The summed E-state index contributed by atoms with van der Waals surface area (Å²) in [5, 5.41) is 3.02. The number of nitrogens with one attached hydrogen (secondary N) is 1. The highest BCUT2D eigenvalue weighted by Gasteiger charge is 2.28. The van der Waals surface area contributed by atoms with Crippen molar-refractivity contribution in [1.82, 2.24) is 10.3 Å². The van der Waals surface area contributed by atoms with E-state index in [0.717, 1.165) is 12.1 Å². The number of rotatable bonds is 3. The maximum Gasteiger partial charge on any atom is 0.234 e. The Morgan fingerprint density at radius 3 is 2.85 bits per heavy atom. The van der Waals surface area contributed by atoms with Crippen molar-refractivity contribution in [1.29, 1.82) is 0 Å². The molecular formula is C16H16N2OS. The van der Waals surface area contributed by atoms with Crippen LogP contribution in [0.4, 0.5) is 0 Å². The first kappa shape index (κ1) is 13.2. The van der Waals surface area contributed by atoms with Gasteiger partial charge in [-0.05, 0) is 37.1 Å². The van der Waals surface area contributed by atoms with E-state index in [4.69, 9.17) is 0 Å². The van der Waals surface area contributed by atoms with E-state index in [1.807, 2.05) is 37.3 Å². The molecule has 3 rings (SSSR count). The van der Waals surface area contributed by atoms with Gasteiger partial charge in [-0.3, -0.25) is 9.78 Å². The van der Waals surface area contributed by atoms with Crippen molar-refractivity contribution in [2.45, 2.75) is 29.5 Å². The van der Waals surface area contributed by atoms with Gasteiger partial charge in [0.2, 0.25) is 5.91 Å². The normalized spacial score (nSPS) is 18.4. The molecule has 1 N–H and O–H groups in total. The van der Waals surface area contributed by atoms with E-state index in [-0.39, 0.29) is 17.2 Å². The van der Waals surface area contributed by atoms with Crippen molar-refractivity contribution in [3.63, 3.8) is 0 Å². The molecule has 0 fully saturated rings. The van der Waals surface area contributed by atoms with Gasteiger partial charge in [0.05, 0.1) is 17.0 Å². The number of aromatic nitrogens is 1. The molecule has 1 aliphatic heterocycles. The van der Waals surface area contributed by atoms with Crippen LogP contribution in [0.25, 0.3) is 0 Å². The maximum absolute atomic E-state index is 12.3. The zero-order valence-corrected chi connectivity index (χ0v) is 12.1. The highest BCUT2D eigenvalue weighted by Crippen LogP contribution is 2.36. The fourth-order valence-corrected chi connectivity index (χ4v) is 3.55. The van der Waals surface area contributed by atoms with Gasteiger partial charge in [-0.15, -0.1) is 11.8 Å². The summed E-state index contributed by atoms with van der Waals surface area (Å²) in [5.74, 6) is 0.0874. The quantitative estimate of drug-likeness (QED) is 0.942. The first-order chi connectivity index (χ1) is 9.74. The third-order valence-corrected chi connectivity index (χ3v) is 4.75. The average molecular weight is 284 g/mol. The molecule has 2 atom stereocenters. The summed E-state index contributed by atoms with van der Waals surface area (Å²) in [6.07, 6.45) is 2.56. The van der Waals surface area contributed by atoms with Crippen molar-refractivity contribution in [2.24, 2.45) is 0 Å². The van der Waals surface area contributed by atoms with Gasteiger partial charge in [0.15, 0.2) is 0 Å². The van der Waals surface area contributed by atoms with Gasteiger partial charge < -0.3 is 5.32 Å².